The van der Waals surface area contributed by atoms with E-state index in [1.165, 1.54) is 48.9 Å². The molecule has 0 amide bonds. The summed E-state index contributed by atoms with van der Waals surface area (Å²) in [7, 11) is 2.18. The van der Waals surface area contributed by atoms with E-state index < -0.39 is 0 Å². The van der Waals surface area contributed by atoms with Crippen LogP contribution in [-0.2, 0) is 6.42 Å². The summed E-state index contributed by atoms with van der Waals surface area (Å²) in [5, 5.41) is 0. The minimum absolute atomic E-state index is 0.873. The summed E-state index contributed by atoms with van der Waals surface area (Å²) in [5.41, 5.74) is 4.26. The number of hydrogen-bond acceptors (Lipinski definition) is 1. The first-order valence-corrected chi connectivity index (χ1v) is 8.38. The van der Waals surface area contributed by atoms with Gasteiger partial charge in [-0.25, -0.2) is 0 Å². The maximum Gasteiger partial charge on any atom is 0.0442 e. The lowest BCUT2D eigenvalue weighted by molar-refractivity contribution is 0.484. The maximum absolute atomic E-state index is 2.36. The fourth-order valence-electron chi connectivity index (χ4n) is 2.90. The van der Waals surface area contributed by atoms with Gasteiger partial charge in [-0.05, 0) is 30.4 Å². The summed E-state index contributed by atoms with van der Waals surface area (Å²) in [6, 6.07) is 8.90. The van der Waals surface area contributed by atoms with E-state index >= 15 is 0 Å². The number of hydrogen-bond donors (Lipinski definition) is 0. The van der Waals surface area contributed by atoms with Crippen LogP contribution >= 0.6 is 0 Å². The van der Waals surface area contributed by atoms with Gasteiger partial charge in [0.15, 0.2) is 0 Å². The fraction of sp³-hybridized carbons (Fsp3) is 0.500. The van der Waals surface area contributed by atoms with Crippen LogP contribution in [0.1, 0.15) is 50.7 Å². The molecule has 1 nitrogen and oxygen atoms in total. The highest BCUT2D eigenvalue weighted by atomic mass is 15.1. The smallest absolute Gasteiger partial charge is 0.0442 e. The van der Waals surface area contributed by atoms with Gasteiger partial charge in [-0.3, -0.25) is 0 Å². The number of unbranched alkanes of at least 4 members (excludes halogenated alkanes) is 1. The SMILES string of the molecule is CCC(C)CCCCc1ccccc1C1=CC=CCN1C. The van der Waals surface area contributed by atoms with Crippen LogP contribution < -0.4 is 0 Å². The molecule has 1 heterocycles. The molecule has 0 N–H and O–H groups in total. The van der Waals surface area contributed by atoms with E-state index in [1.54, 1.807) is 0 Å². The minimum Gasteiger partial charge on any atom is -0.370 e. The van der Waals surface area contributed by atoms with Gasteiger partial charge in [0.25, 0.3) is 0 Å². The molecule has 0 aliphatic carbocycles. The lowest BCUT2D eigenvalue weighted by Crippen LogP contribution is -2.19. The molecule has 2 rings (SSSR count). The Morgan fingerprint density at radius 1 is 1.19 bits per heavy atom. The van der Waals surface area contributed by atoms with Gasteiger partial charge >= 0.3 is 0 Å². The van der Waals surface area contributed by atoms with Gasteiger partial charge in [-0.15, -0.1) is 0 Å². The van der Waals surface area contributed by atoms with E-state index in [0.717, 1.165) is 12.5 Å². The monoisotopic (exact) mass is 283 g/mol. The maximum atomic E-state index is 2.36. The van der Waals surface area contributed by atoms with Gasteiger partial charge in [-0.2, -0.15) is 0 Å². The second-order valence-corrected chi connectivity index (χ2v) is 6.28. The van der Waals surface area contributed by atoms with Crippen molar-refractivity contribution in [3.8, 4) is 0 Å². The predicted molar refractivity (Wildman–Crippen MR) is 93.2 cm³/mol. The molecule has 1 aromatic carbocycles. The summed E-state index contributed by atoms with van der Waals surface area (Å²) < 4.78 is 0. The van der Waals surface area contributed by atoms with Crippen molar-refractivity contribution < 1.29 is 0 Å². The molecular formula is C20H29N. The second kappa shape index (κ2) is 8.07. The van der Waals surface area contributed by atoms with Gasteiger partial charge in [-0.1, -0.05) is 69.5 Å². The van der Waals surface area contributed by atoms with E-state index in [9.17, 15) is 0 Å². The first kappa shape index (κ1) is 15.9. The summed E-state index contributed by atoms with van der Waals surface area (Å²) in [6.45, 7) is 5.66. The molecule has 0 radical (unpaired) electrons. The Balaban J connectivity index is 2.00. The van der Waals surface area contributed by atoms with Crippen molar-refractivity contribution in [3.63, 3.8) is 0 Å². The summed E-state index contributed by atoms with van der Waals surface area (Å²) in [4.78, 5) is 2.33. The zero-order chi connectivity index (χ0) is 15.1. The van der Waals surface area contributed by atoms with Crippen molar-refractivity contribution in [2.24, 2.45) is 5.92 Å². The summed E-state index contributed by atoms with van der Waals surface area (Å²) in [5.74, 6) is 0.873. The molecule has 0 saturated carbocycles. The number of aryl methyl sites for hydroxylation is 1. The standard InChI is InChI=1S/C20H29N/c1-4-17(2)11-5-6-12-18-13-7-8-14-19(18)20-15-9-10-16-21(20)3/h7-10,13-15,17H,4-6,11-12,16H2,1-3H3. The number of nitrogens with zero attached hydrogens (tertiary/aromatic N) is 1. The molecular weight excluding hydrogens is 254 g/mol. The Bertz CT molecular complexity index is 498. The van der Waals surface area contributed by atoms with Crippen molar-refractivity contribution in [1.29, 1.82) is 0 Å². The highest BCUT2D eigenvalue weighted by molar-refractivity contribution is 5.69. The Labute approximate surface area is 130 Å². The fourth-order valence-corrected chi connectivity index (χ4v) is 2.90. The topological polar surface area (TPSA) is 3.24 Å². The molecule has 21 heavy (non-hydrogen) atoms. The normalized spacial score (nSPS) is 16.0. The third-order valence-electron chi connectivity index (χ3n) is 4.56. The number of allylic oxidation sites excluding steroid dienone is 2. The van der Waals surface area contributed by atoms with Gasteiger partial charge in [0.2, 0.25) is 0 Å². The van der Waals surface area contributed by atoms with Crippen LogP contribution in [0.2, 0.25) is 0 Å². The van der Waals surface area contributed by atoms with Gasteiger partial charge in [0.1, 0.15) is 0 Å². The third-order valence-corrected chi connectivity index (χ3v) is 4.56. The van der Waals surface area contributed by atoms with Crippen LogP contribution in [0.5, 0.6) is 0 Å². The third kappa shape index (κ3) is 4.49. The molecule has 0 bridgehead atoms. The van der Waals surface area contributed by atoms with Crippen molar-refractivity contribution in [2.45, 2.75) is 46.0 Å². The van der Waals surface area contributed by atoms with Gasteiger partial charge in [0, 0.05) is 24.9 Å². The van der Waals surface area contributed by atoms with Crippen molar-refractivity contribution in [2.75, 3.05) is 13.6 Å². The van der Waals surface area contributed by atoms with E-state index in [0.29, 0.717) is 0 Å². The molecule has 1 unspecified atom stereocenters. The number of likely N-dealkylation sites (N-methyl/N-ethyl adjacent to an activating group) is 1. The molecule has 1 aromatic rings. The predicted octanol–water partition coefficient (Wildman–Crippen LogP) is 5.29. The molecule has 1 aliphatic rings. The van der Waals surface area contributed by atoms with Crippen LogP contribution in [-0.4, -0.2) is 18.5 Å². The van der Waals surface area contributed by atoms with Crippen LogP contribution in [0.4, 0.5) is 0 Å². The molecule has 1 atom stereocenters. The summed E-state index contributed by atoms with van der Waals surface area (Å²) in [6.07, 6.45) is 13.1. The van der Waals surface area contributed by atoms with Crippen LogP contribution in [0, 0.1) is 5.92 Å². The van der Waals surface area contributed by atoms with E-state index in [-0.39, 0.29) is 0 Å². The van der Waals surface area contributed by atoms with Crippen LogP contribution in [0.25, 0.3) is 5.70 Å². The van der Waals surface area contributed by atoms with Crippen molar-refractivity contribution in [1.82, 2.24) is 4.90 Å². The average molecular weight is 283 g/mol. The van der Waals surface area contributed by atoms with E-state index in [4.69, 9.17) is 0 Å². The molecule has 0 saturated heterocycles. The Kier molecular flexibility index (Phi) is 6.10. The molecule has 1 aliphatic heterocycles. The zero-order valence-electron chi connectivity index (χ0n) is 13.8. The van der Waals surface area contributed by atoms with Crippen molar-refractivity contribution >= 4 is 5.70 Å². The summed E-state index contributed by atoms with van der Waals surface area (Å²) >= 11 is 0. The minimum atomic E-state index is 0.873. The Hall–Kier alpha value is -1.50. The quantitative estimate of drug-likeness (QED) is 0.615. The number of benzene rings is 1. The highest BCUT2D eigenvalue weighted by Gasteiger charge is 2.12. The molecule has 0 aromatic heterocycles. The highest BCUT2D eigenvalue weighted by Crippen LogP contribution is 2.25. The molecule has 0 fully saturated rings. The van der Waals surface area contributed by atoms with E-state index in [1.807, 2.05) is 0 Å². The first-order chi connectivity index (χ1) is 10.2. The largest absolute Gasteiger partial charge is 0.370 e. The lowest BCUT2D eigenvalue weighted by Gasteiger charge is -2.25. The van der Waals surface area contributed by atoms with E-state index in [2.05, 4.69) is 68.3 Å². The second-order valence-electron chi connectivity index (χ2n) is 6.28. The van der Waals surface area contributed by atoms with Crippen LogP contribution in [0.3, 0.4) is 0 Å². The molecule has 0 spiro atoms. The number of rotatable bonds is 7. The first-order valence-electron chi connectivity index (χ1n) is 8.38. The Morgan fingerprint density at radius 2 is 2.00 bits per heavy atom. The zero-order valence-corrected chi connectivity index (χ0v) is 13.8. The average Bonchev–Trinajstić information content (AvgIpc) is 2.52. The van der Waals surface area contributed by atoms with Crippen LogP contribution in [0.15, 0.2) is 42.5 Å². The molecule has 1 heteroatoms. The Morgan fingerprint density at radius 3 is 2.76 bits per heavy atom. The van der Waals surface area contributed by atoms with Gasteiger partial charge in [0.05, 0.1) is 0 Å². The lowest BCUT2D eigenvalue weighted by atomic mass is 9.95. The molecule has 114 valence electrons. The van der Waals surface area contributed by atoms with Crippen molar-refractivity contribution in [3.05, 3.63) is 53.6 Å². The van der Waals surface area contributed by atoms with Gasteiger partial charge < -0.3 is 4.90 Å².